The molecule has 5 rings (SSSR count). The number of nitrogens with zero attached hydrogens (tertiary/aromatic N) is 3. The lowest BCUT2D eigenvalue weighted by Crippen LogP contribution is -1.97. The molecule has 0 spiro atoms. The zero-order chi connectivity index (χ0) is 18.9. The van der Waals surface area contributed by atoms with Crippen LogP contribution in [-0.2, 0) is 5.75 Å². The van der Waals surface area contributed by atoms with Gasteiger partial charge in [0.15, 0.2) is 5.65 Å². The fourth-order valence-corrected chi connectivity index (χ4v) is 4.61. The van der Waals surface area contributed by atoms with Gasteiger partial charge in [0.2, 0.25) is 0 Å². The van der Waals surface area contributed by atoms with Crippen molar-refractivity contribution < 1.29 is 0 Å². The van der Waals surface area contributed by atoms with Crippen LogP contribution in [0.5, 0.6) is 0 Å². The molecule has 0 aliphatic heterocycles. The third-order valence-corrected chi connectivity index (χ3v) is 5.95. The van der Waals surface area contributed by atoms with Crippen molar-refractivity contribution in [1.82, 2.24) is 14.6 Å². The smallest absolute Gasteiger partial charge is 0.164 e. The first-order valence-electron chi connectivity index (χ1n) is 9.30. The Kier molecular flexibility index (Phi) is 4.34. The molecule has 0 atom stereocenters. The number of thioether (sulfide) groups is 1. The predicted octanol–water partition coefficient (Wildman–Crippen LogP) is 6.15. The molecule has 0 unspecified atom stereocenters. The summed E-state index contributed by atoms with van der Waals surface area (Å²) in [6.07, 6.45) is 1.92. The van der Waals surface area contributed by atoms with Crippen LogP contribution in [0.1, 0.15) is 11.3 Å². The SMILES string of the molecule is Cc1cc(SCc2cccc3ccccc23)n2ncc(-c3ccccc3)c2n1. The van der Waals surface area contributed by atoms with Crippen LogP contribution in [0.2, 0.25) is 0 Å². The maximum Gasteiger partial charge on any atom is 0.164 e. The predicted molar refractivity (Wildman–Crippen MR) is 117 cm³/mol. The minimum atomic E-state index is 0.889. The molecule has 0 saturated carbocycles. The van der Waals surface area contributed by atoms with Crippen LogP contribution in [0.3, 0.4) is 0 Å². The maximum absolute atomic E-state index is 4.76. The van der Waals surface area contributed by atoms with E-state index in [2.05, 4.69) is 65.8 Å². The second-order valence-corrected chi connectivity index (χ2v) is 7.82. The lowest BCUT2D eigenvalue weighted by Gasteiger charge is -2.09. The Balaban J connectivity index is 1.53. The maximum atomic E-state index is 4.76. The summed E-state index contributed by atoms with van der Waals surface area (Å²) in [5.41, 5.74) is 5.45. The highest BCUT2D eigenvalue weighted by molar-refractivity contribution is 7.98. The number of aryl methyl sites for hydroxylation is 1. The van der Waals surface area contributed by atoms with Gasteiger partial charge in [-0.3, -0.25) is 0 Å². The summed E-state index contributed by atoms with van der Waals surface area (Å²) in [6, 6.07) is 27.5. The van der Waals surface area contributed by atoms with E-state index < -0.39 is 0 Å². The van der Waals surface area contributed by atoms with E-state index in [1.54, 1.807) is 11.8 Å². The molecule has 0 aliphatic carbocycles. The van der Waals surface area contributed by atoms with Gasteiger partial charge in [-0.05, 0) is 34.9 Å². The summed E-state index contributed by atoms with van der Waals surface area (Å²) in [6.45, 7) is 2.05. The van der Waals surface area contributed by atoms with Crippen LogP contribution in [0.4, 0.5) is 0 Å². The first-order chi connectivity index (χ1) is 13.8. The summed E-state index contributed by atoms with van der Waals surface area (Å²) >= 11 is 1.80. The Labute approximate surface area is 168 Å². The summed E-state index contributed by atoms with van der Waals surface area (Å²) in [5.74, 6) is 0.889. The highest BCUT2D eigenvalue weighted by Gasteiger charge is 2.13. The number of fused-ring (bicyclic) bond motifs is 2. The first-order valence-corrected chi connectivity index (χ1v) is 10.3. The van der Waals surface area contributed by atoms with Gasteiger partial charge in [0.25, 0.3) is 0 Å². The van der Waals surface area contributed by atoms with E-state index in [-0.39, 0.29) is 0 Å². The van der Waals surface area contributed by atoms with Crippen LogP contribution >= 0.6 is 11.8 Å². The number of rotatable bonds is 4. The molecule has 136 valence electrons. The van der Waals surface area contributed by atoms with Gasteiger partial charge < -0.3 is 0 Å². The third kappa shape index (κ3) is 3.06. The lowest BCUT2D eigenvalue weighted by atomic mass is 10.1. The second kappa shape index (κ2) is 7.13. The topological polar surface area (TPSA) is 30.2 Å². The van der Waals surface area contributed by atoms with Gasteiger partial charge in [-0.2, -0.15) is 5.10 Å². The molecule has 0 amide bonds. The Morgan fingerprint density at radius 3 is 2.57 bits per heavy atom. The van der Waals surface area contributed by atoms with Gasteiger partial charge in [0.05, 0.1) is 6.20 Å². The molecular formula is C24H19N3S. The highest BCUT2D eigenvalue weighted by Crippen LogP contribution is 2.30. The van der Waals surface area contributed by atoms with Crippen molar-refractivity contribution >= 4 is 28.2 Å². The van der Waals surface area contributed by atoms with Gasteiger partial charge in [-0.1, -0.05) is 72.8 Å². The van der Waals surface area contributed by atoms with Crippen molar-refractivity contribution in [2.45, 2.75) is 17.7 Å². The number of aromatic nitrogens is 3. The van der Waals surface area contributed by atoms with Crippen LogP contribution in [-0.4, -0.2) is 14.6 Å². The second-order valence-electron chi connectivity index (χ2n) is 6.82. The average Bonchev–Trinajstić information content (AvgIpc) is 3.16. The Bertz CT molecular complexity index is 1270. The van der Waals surface area contributed by atoms with Crippen molar-refractivity contribution in [3.8, 4) is 11.1 Å². The standard InChI is InChI=1S/C24H19N3S/c1-17-14-23(28-16-20-12-7-11-18-10-5-6-13-21(18)20)27-24(26-17)22(15-25-27)19-8-3-2-4-9-19/h2-15H,16H2,1H3. The molecule has 4 heteroatoms. The average molecular weight is 382 g/mol. The summed E-state index contributed by atoms with van der Waals surface area (Å²) in [7, 11) is 0. The normalized spacial score (nSPS) is 11.3. The van der Waals surface area contributed by atoms with Crippen LogP contribution in [0.25, 0.3) is 27.5 Å². The van der Waals surface area contributed by atoms with Crippen LogP contribution in [0, 0.1) is 6.92 Å². The Morgan fingerprint density at radius 1 is 0.893 bits per heavy atom. The van der Waals surface area contributed by atoms with E-state index in [0.29, 0.717) is 0 Å². The number of hydrogen-bond donors (Lipinski definition) is 0. The molecule has 2 heterocycles. The highest BCUT2D eigenvalue weighted by atomic mass is 32.2. The van der Waals surface area contributed by atoms with Crippen molar-refractivity contribution in [2.75, 3.05) is 0 Å². The Morgan fingerprint density at radius 2 is 1.68 bits per heavy atom. The van der Waals surface area contributed by atoms with Gasteiger partial charge in [-0.15, -0.1) is 11.8 Å². The van der Waals surface area contributed by atoms with Gasteiger partial charge in [0, 0.05) is 17.0 Å². The Hall–Kier alpha value is -3.11. The summed E-state index contributed by atoms with van der Waals surface area (Å²) < 4.78 is 1.96. The molecule has 0 bridgehead atoms. The fraction of sp³-hybridized carbons (Fsp3) is 0.0833. The molecule has 0 radical (unpaired) electrons. The molecule has 2 aromatic heterocycles. The zero-order valence-corrected chi connectivity index (χ0v) is 16.4. The van der Waals surface area contributed by atoms with Crippen molar-refractivity contribution in [3.05, 3.63) is 96.3 Å². The number of benzene rings is 3. The molecule has 0 aliphatic rings. The van der Waals surface area contributed by atoms with E-state index in [9.17, 15) is 0 Å². The monoisotopic (exact) mass is 381 g/mol. The van der Waals surface area contributed by atoms with Crippen molar-refractivity contribution in [1.29, 1.82) is 0 Å². The lowest BCUT2D eigenvalue weighted by molar-refractivity contribution is 0.834. The van der Waals surface area contributed by atoms with E-state index in [0.717, 1.165) is 33.2 Å². The minimum Gasteiger partial charge on any atom is -0.233 e. The van der Waals surface area contributed by atoms with Crippen LogP contribution < -0.4 is 0 Å². The quantitative estimate of drug-likeness (QED) is 0.276. The molecule has 0 fully saturated rings. The van der Waals surface area contributed by atoms with Gasteiger partial charge in [0.1, 0.15) is 5.03 Å². The molecular weight excluding hydrogens is 362 g/mol. The zero-order valence-electron chi connectivity index (χ0n) is 15.5. The summed E-state index contributed by atoms with van der Waals surface area (Å²) in [4.78, 5) is 4.76. The number of hydrogen-bond acceptors (Lipinski definition) is 3. The molecule has 5 aromatic rings. The summed E-state index contributed by atoms with van der Waals surface area (Å²) in [5, 5.41) is 8.34. The molecule has 3 aromatic carbocycles. The van der Waals surface area contributed by atoms with Crippen molar-refractivity contribution in [2.24, 2.45) is 0 Å². The molecule has 0 saturated heterocycles. The van der Waals surface area contributed by atoms with Gasteiger partial charge >= 0.3 is 0 Å². The molecule has 3 nitrogen and oxygen atoms in total. The largest absolute Gasteiger partial charge is 0.233 e. The van der Waals surface area contributed by atoms with Crippen LogP contribution in [0.15, 0.2) is 90.1 Å². The molecule has 0 N–H and O–H groups in total. The van der Waals surface area contributed by atoms with E-state index in [4.69, 9.17) is 4.98 Å². The first kappa shape index (κ1) is 17.0. The van der Waals surface area contributed by atoms with Crippen molar-refractivity contribution in [3.63, 3.8) is 0 Å². The van der Waals surface area contributed by atoms with E-state index in [1.807, 2.05) is 35.8 Å². The fourth-order valence-electron chi connectivity index (χ4n) is 3.54. The van der Waals surface area contributed by atoms with E-state index in [1.165, 1.54) is 16.3 Å². The molecule has 28 heavy (non-hydrogen) atoms. The van der Waals surface area contributed by atoms with E-state index >= 15 is 0 Å². The third-order valence-electron chi connectivity index (χ3n) is 4.91. The van der Waals surface area contributed by atoms with Gasteiger partial charge in [-0.25, -0.2) is 9.50 Å². The minimum absolute atomic E-state index is 0.889.